The van der Waals surface area contributed by atoms with Gasteiger partial charge in [0, 0.05) is 19.3 Å². The van der Waals surface area contributed by atoms with Gasteiger partial charge in [-0.2, -0.15) is 0 Å². The molecule has 3 heterocycles. The van der Waals surface area contributed by atoms with Crippen molar-refractivity contribution in [1.82, 2.24) is 9.38 Å². The van der Waals surface area contributed by atoms with Gasteiger partial charge in [0.2, 0.25) is 0 Å². The van der Waals surface area contributed by atoms with Crippen LogP contribution >= 0.6 is 0 Å². The second kappa shape index (κ2) is 4.01. The van der Waals surface area contributed by atoms with E-state index in [1.165, 1.54) is 12.8 Å². The molecule has 0 atom stereocenters. The molecule has 2 aromatic heterocycles. The Hall–Kier alpha value is -2.04. The summed E-state index contributed by atoms with van der Waals surface area (Å²) in [6, 6.07) is 3.89. The number of pyridine rings is 1. The summed E-state index contributed by atoms with van der Waals surface area (Å²) < 4.78 is 1.67. The van der Waals surface area contributed by atoms with E-state index in [2.05, 4.69) is 9.88 Å². The summed E-state index contributed by atoms with van der Waals surface area (Å²) in [7, 11) is 0. The van der Waals surface area contributed by atoms with E-state index in [4.69, 9.17) is 0 Å². The van der Waals surface area contributed by atoms with Crippen LogP contribution in [0.5, 0.6) is 0 Å². The van der Waals surface area contributed by atoms with Crippen LogP contribution < -0.4 is 4.90 Å². The minimum Gasteiger partial charge on any atom is -0.477 e. The highest BCUT2D eigenvalue weighted by molar-refractivity contribution is 5.88. The lowest BCUT2D eigenvalue weighted by atomic mass is 10.3. The van der Waals surface area contributed by atoms with Gasteiger partial charge in [-0.15, -0.1) is 0 Å². The number of hydrogen-bond donors (Lipinski definition) is 1. The van der Waals surface area contributed by atoms with E-state index in [0.717, 1.165) is 18.8 Å². The van der Waals surface area contributed by atoms with Gasteiger partial charge >= 0.3 is 5.97 Å². The molecule has 5 heteroatoms. The van der Waals surface area contributed by atoms with Crippen molar-refractivity contribution in [2.75, 3.05) is 18.0 Å². The monoisotopic (exact) mass is 245 g/mol. The summed E-state index contributed by atoms with van der Waals surface area (Å²) in [5.41, 5.74) is 2.57. The van der Waals surface area contributed by atoms with E-state index in [9.17, 15) is 9.90 Å². The number of nitrogens with zero attached hydrogens (tertiary/aromatic N) is 3. The van der Waals surface area contributed by atoms with Crippen LogP contribution in [0.1, 0.15) is 29.0 Å². The quantitative estimate of drug-likeness (QED) is 0.878. The number of fused-ring (bicyclic) bond motifs is 1. The predicted molar refractivity (Wildman–Crippen MR) is 68.3 cm³/mol. The number of anilines is 1. The maximum atomic E-state index is 11.3. The van der Waals surface area contributed by atoms with E-state index >= 15 is 0 Å². The smallest absolute Gasteiger partial charge is 0.354 e. The van der Waals surface area contributed by atoms with Crippen LogP contribution in [0.3, 0.4) is 0 Å². The molecule has 1 saturated heterocycles. The number of carboxylic acids is 1. The van der Waals surface area contributed by atoms with Crippen LogP contribution in [0.4, 0.5) is 5.69 Å². The average Bonchev–Trinajstić information content (AvgIpc) is 2.92. The normalized spacial score (nSPS) is 15.5. The zero-order chi connectivity index (χ0) is 12.7. The molecule has 0 spiro atoms. The van der Waals surface area contributed by atoms with Gasteiger partial charge in [-0.25, -0.2) is 9.78 Å². The Labute approximate surface area is 105 Å². The summed E-state index contributed by atoms with van der Waals surface area (Å²) in [5.74, 6) is -0.932. The lowest BCUT2D eigenvalue weighted by Crippen LogP contribution is -2.18. The molecule has 0 amide bonds. The highest BCUT2D eigenvalue weighted by atomic mass is 16.4. The average molecular weight is 245 g/mol. The van der Waals surface area contributed by atoms with Gasteiger partial charge in [0.05, 0.1) is 11.4 Å². The van der Waals surface area contributed by atoms with E-state index in [-0.39, 0.29) is 5.69 Å². The summed E-state index contributed by atoms with van der Waals surface area (Å²) in [6.45, 7) is 3.81. The highest BCUT2D eigenvalue weighted by Gasteiger charge is 2.18. The van der Waals surface area contributed by atoms with E-state index in [1.54, 1.807) is 11.3 Å². The number of hydrogen-bond acceptors (Lipinski definition) is 3. The molecule has 0 bridgehead atoms. The molecule has 3 rings (SSSR count). The van der Waals surface area contributed by atoms with Crippen molar-refractivity contribution >= 4 is 17.3 Å². The highest BCUT2D eigenvalue weighted by Crippen LogP contribution is 2.22. The standard InChI is InChI=1S/C13H15N3O2/c1-9-12(13(17)18)16-8-10(4-5-11(16)14-9)15-6-2-3-7-15/h4-5,8H,2-3,6-7H2,1H3,(H,17,18). The molecule has 0 aliphatic carbocycles. The minimum atomic E-state index is -0.932. The zero-order valence-corrected chi connectivity index (χ0v) is 10.3. The van der Waals surface area contributed by atoms with Crippen LogP contribution in [0, 0.1) is 6.92 Å². The Morgan fingerprint density at radius 2 is 2.06 bits per heavy atom. The molecule has 0 aromatic carbocycles. The Morgan fingerprint density at radius 3 is 2.72 bits per heavy atom. The van der Waals surface area contributed by atoms with Crippen molar-refractivity contribution in [1.29, 1.82) is 0 Å². The van der Waals surface area contributed by atoms with Crippen molar-refractivity contribution in [2.24, 2.45) is 0 Å². The van der Waals surface area contributed by atoms with Gasteiger partial charge in [0.25, 0.3) is 0 Å². The second-order valence-corrected chi connectivity index (χ2v) is 4.66. The predicted octanol–water partition coefficient (Wildman–Crippen LogP) is 1.94. The molecule has 18 heavy (non-hydrogen) atoms. The molecule has 5 nitrogen and oxygen atoms in total. The lowest BCUT2D eigenvalue weighted by Gasteiger charge is -2.17. The van der Waals surface area contributed by atoms with Crippen molar-refractivity contribution in [2.45, 2.75) is 19.8 Å². The van der Waals surface area contributed by atoms with Crippen molar-refractivity contribution in [3.8, 4) is 0 Å². The topological polar surface area (TPSA) is 57.8 Å². The fraction of sp³-hybridized carbons (Fsp3) is 0.385. The number of aromatic nitrogens is 2. The van der Waals surface area contributed by atoms with Crippen LogP contribution in [0.25, 0.3) is 5.65 Å². The van der Waals surface area contributed by atoms with Gasteiger partial charge < -0.3 is 10.0 Å². The summed E-state index contributed by atoms with van der Waals surface area (Å²) in [4.78, 5) is 17.8. The van der Waals surface area contributed by atoms with E-state index < -0.39 is 5.97 Å². The van der Waals surface area contributed by atoms with Crippen LogP contribution in [-0.4, -0.2) is 33.6 Å². The second-order valence-electron chi connectivity index (χ2n) is 4.66. The summed E-state index contributed by atoms with van der Waals surface area (Å²) in [5, 5.41) is 9.23. The molecule has 0 radical (unpaired) electrons. The summed E-state index contributed by atoms with van der Waals surface area (Å²) >= 11 is 0. The first-order chi connectivity index (χ1) is 8.66. The Bertz CT molecular complexity index is 612. The number of rotatable bonds is 2. The number of aryl methyl sites for hydroxylation is 1. The van der Waals surface area contributed by atoms with Gasteiger partial charge in [-0.3, -0.25) is 4.40 Å². The fourth-order valence-electron chi connectivity index (χ4n) is 2.57. The Morgan fingerprint density at radius 1 is 1.33 bits per heavy atom. The third-order valence-corrected chi connectivity index (χ3v) is 3.45. The first-order valence-corrected chi connectivity index (χ1v) is 6.14. The number of imidazole rings is 1. The number of carboxylic acid groups (broad SMARTS) is 1. The molecule has 1 fully saturated rings. The van der Waals surface area contributed by atoms with Gasteiger partial charge in [0.15, 0.2) is 5.69 Å². The van der Waals surface area contributed by atoms with Gasteiger partial charge in [-0.05, 0) is 31.9 Å². The molecular weight excluding hydrogens is 230 g/mol. The van der Waals surface area contributed by atoms with Crippen LogP contribution in [-0.2, 0) is 0 Å². The van der Waals surface area contributed by atoms with Crippen molar-refractivity contribution in [3.63, 3.8) is 0 Å². The zero-order valence-electron chi connectivity index (χ0n) is 10.3. The van der Waals surface area contributed by atoms with Gasteiger partial charge in [-0.1, -0.05) is 0 Å². The summed E-state index contributed by atoms with van der Waals surface area (Å²) in [6.07, 6.45) is 4.28. The molecular formula is C13H15N3O2. The number of aromatic carboxylic acids is 1. The SMILES string of the molecule is Cc1nc2ccc(N3CCCC3)cn2c1C(=O)O. The van der Waals surface area contributed by atoms with Gasteiger partial charge in [0.1, 0.15) is 5.65 Å². The molecule has 94 valence electrons. The van der Waals surface area contributed by atoms with Crippen molar-refractivity contribution < 1.29 is 9.90 Å². The molecule has 0 saturated carbocycles. The van der Waals surface area contributed by atoms with Crippen molar-refractivity contribution in [3.05, 3.63) is 29.7 Å². The first kappa shape index (κ1) is 11.1. The third kappa shape index (κ3) is 1.63. The van der Waals surface area contributed by atoms with E-state index in [1.807, 2.05) is 18.3 Å². The first-order valence-electron chi connectivity index (χ1n) is 6.14. The van der Waals surface area contributed by atoms with Crippen LogP contribution in [0.2, 0.25) is 0 Å². The maximum Gasteiger partial charge on any atom is 0.354 e. The largest absolute Gasteiger partial charge is 0.477 e. The molecule has 1 aliphatic heterocycles. The fourth-order valence-corrected chi connectivity index (χ4v) is 2.57. The number of carbonyl (C=O) groups is 1. The maximum absolute atomic E-state index is 11.3. The Kier molecular flexibility index (Phi) is 2.47. The Balaban J connectivity index is 2.14. The lowest BCUT2D eigenvalue weighted by molar-refractivity contribution is 0.0688. The molecule has 0 unspecified atom stereocenters. The molecule has 1 N–H and O–H groups in total. The third-order valence-electron chi connectivity index (χ3n) is 3.45. The minimum absolute atomic E-state index is 0.256. The molecule has 2 aromatic rings. The van der Waals surface area contributed by atoms with E-state index in [0.29, 0.717) is 11.3 Å². The van der Waals surface area contributed by atoms with Crippen LogP contribution in [0.15, 0.2) is 18.3 Å². The molecule has 1 aliphatic rings.